The normalized spacial score (nSPS) is 30.6. The highest BCUT2D eigenvalue weighted by molar-refractivity contribution is 8.00. The number of carbonyl (C=O) groups is 3. The first-order valence-electron chi connectivity index (χ1n) is 11.2. The highest BCUT2D eigenvalue weighted by atomic mass is 32.2. The van der Waals surface area contributed by atoms with Gasteiger partial charge in [-0.25, -0.2) is 9.78 Å². The van der Waals surface area contributed by atoms with Crippen LogP contribution in [-0.4, -0.2) is 93.4 Å². The second kappa shape index (κ2) is 8.86. The lowest BCUT2D eigenvalue weighted by molar-refractivity contribution is -0.938. The maximum Gasteiger partial charge on any atom is 0.352 e. The van der Waals surface area contributed by atoms with Gasteiger partial charge in [0.15, 0.2) is 10.8 Å². The summed E-state index contributed by atoms with van der Waals surface area (Å²) in [6, 6.07) is -0.857. The molecular weight excluding hydrogens is 480 g/mol. The number of oxime groups is 1. The number of amides is 2. The molecule has 0 spiro atoms. The van der Waals surface area contributed by atoms with Crippen molar-refractivity contribution in [2.24, 2.45) is 11.1 Å². The smallest absolute Gasteiger partial charge is 0.352 e. The van der Waals surface area contributed by atoms with Crippen molar-refractivity contribution in [2.75, 3.05) is 44.8 Å². The number of carboxylic acid groups (broad SMARTS) is 1. The minimum absolute atomic E-state index is 0.0810. The van der Waals surface area contributed by atoms with Crippen LogP contribution >= 0.6 is 23.1 Å². The fourth-order valence-corrected chi connectivity index (χ4v) is 7.37. The summed E-state index contributed by atoms with van der Waals surface area (Å²) in [7, 11) is 1.30. The van der Waals surface area contributed by atoms with Gasteiger partial charge in [-0.15, -0.1) is 23.1 Å². The van der Waals surface area contributed by atoms with Crippen LogP contribution < -0.4 is 11.1 Å². The lowest BCUT2D eigenvalue weighted by Gasteiger charge is -2.52. The van der Waals surface area contributed by atoms with Crippen LogP contribution in [0, 0.1) is 5.92 Å². The number of rotatable bonds is 7. The van der Waals surface area contributed by atoms with Gasteiger partial charge in [-0.1, -0.05) is 5.16 Å². The number of aliphatic carboxylic acids is 1. The Balaban J connectivity index is 1.33. The van der Waals surface area contributed by atoms with Gasteiger partial charge >= 0.3 is 5.97 Å². The molecule has 34 heavy (non-hydrogen) atoms. The summed E-state index contributed by atoms with van der Waals surface area (Å²) in [5, 5.41) is 17.8. The molecule has 4 N–H and O–H groups in total. The van der Waals surface area contributed by atoms with Gasteiger partial charge in [-0.3, -0.25) is 14.5 Å². The number of nitrogens with one attached hydrogen (secondary N) is 1. The molecule has 6 rings (SSSR count). The first-order chi connectivity index (χ1) is 16.3. The number of fused-ring (bicyclic) bond motifs is 4. The third-order valence-corrected chi connectivity index (χ3v) is 9.27. The number of hydrogen-bond donors (Lipinski definition) is 3. The number of thioether (sulfide) groups is 1. The molecule has 11 nitrogen and oxygen atoms in total. The van der Waals surface area contributed by atoms with Crippen molar-refractivity contribution in [3.8, 4) is 0 Å². The number of aromatic nitrogens is 1. The molecule has 1 aromatic heterocycles. The maximum absolute atomic E-state index is 13.1. The molecule has 1 aromatic rings. The number of quaternary nitrogens is 1. The number of anilines is 1. The van der Waals surface area contributed by atoms with E-state index >= 15 is 0 Å². The summed E-state index contributed by atoms with van der Waals surface area (Å²) < 4.78 is 0.920. The summed E-state index contributed by atoms with van der Waals surface area (Å²) in [6.45, 7) is 3.89. The van der Waals surface area contributed by atoms with Crippen molar-refractivity contribution in [3.05, 3.63) is 22.3 Å². The van der Waals surface area contributed by atoms with Gasteiger partial charge in [0, 0.05) is 16.7 Å². The van der Waals surface area contributed by atoms with Crippen molar-refractivity contribution < 1.29 is 28.8 Å². The second-order valence-corrected chi connectivity index (χ2v) is 11.2. The van der Waals surface area contributed by atoms with E-state index in [1.54, 1.807) is 5.38 Å². The van der Waals surface area contributed by atoms with Crippen LogP contribution in [0.2, 0.25) is 0 Å². The van der Waals surface area contributed by atoms with Crippen LogP contribution in [0.4, 0.5) is 5.13 Å². The number of thiazole rings is 1. The van der Waals surface area contributed by atoms with Gasteiger partial charge in [0.2, 0.25) is 0 Å². The third kappa shape index (κ3) is 3.95. The average molecular weight is 508 g/mol. The van der Waals surface area contributed by atoms with Crippen molar-refractivity contribution in [1.82, 2.24) is 15.2 Å². The number of nitrogen functional groups attached to an aromatic ring is 1. The zero-order valence-corrected chi connectivity index (χ0v) is 20.4. The molecule has 13 heteroatoms. The van der Waals surface area contributed by atoms with Gasteiger partial charge in [0.25, 0.3) is 11.8 Å². The Labute approximate surface area is 204 Å². The van der Waals surface area contributed by atoms with E-state index in [-0.39, 0.29) is 22.2 Å². The topological polar surface area (TPSA) is 147 Å². The zero-order chi connectivity index (χ0) is 24.0. The first-order valence-corrected chi connectivity index (χ1v) is 13.1. The summed E-state index contributed by atoms with van der Waals surface area (Å²) in [5.41, 5.74) is 6.70. The third-order valence-electron chi connectivity index (χ3n) is 7.26. The Morgan fingerprint density at radius 1 is 1.35 bits per heavy atom. The first kappa shape index (κ1) is 23.1. The SMILES string of the molecule is CO/N=C(\C(=O)NC1C(=O)N2C(C(=O)O)=C(C[N+]34CCC(CC3)CC4)CS[C@H]12)c1csc(N)n1. The Morgan fingerprint density at radius 3 is 2.65 bits per heavy atom. The summed E-state index contributed by atoms with van der Waals surface area (Å²) in [6.07, 6.45) is 3.58. The van der Waals surface area contributed by atoms with Crippen molar-refractivity contribution in [2.45, 2.75) is 30.7 Å². The lowest BCUT2D eigenvalue weighted by atomic mass is 9.85. The van der Waals surface area contributed by atoms with Crippen molar-refractivity contribution >= 4 is 51.7 Å². The van der Waals surface area contributed by atoms with Gasteiger partial charge in [0.1, 0.15) is 36.5 Å². The van der Waals surface area contributed by atoms with Crippen molar-refractivity contribution in [3.63, 3.8) is 0 Å². The fraction of sp³-hybridized carbons (Fsp3) is 0.571. The number of β-lactam (4-membered cyclic amide) rings is 1. The number of nitrogens with zero attached hydrogens (tertiary/aromatic N) is 4. The van der Waals surface area contributed by atoms with Gasteiger partial charge in [-0.05, 0) is 25.2 Å². The molecule has 2 amide bonds. The molecule has 2 bridgehead atoms. The molecule has 0 saturated carbocycles. The highest BCUT2D eigenvalue weighted by Crippen LogP contribution is 2.42. The molecule has 5 aliphatic heterocycles. The van der Waals surface area contributed by atoms with Gasteiger partial charge in [0.05, 0.1) is 19.6 Å². The Kier molecular flexibility index (Phi) is 6.02. The van der Waals surface area contributed by atoms with Crippen LogP contribution in [0.15, 0.2) is 21.8 Å². The molecule has 0 aromatic carbocycles. The quantitative estimate of drug-likeness (QED) is 0.209. The predicted octanol–water partition coefficient (Wildman–Crippen LogP) is 0.445. The minimum atomic E-state index is -1.09. The number of carbonyl (C=O) groups excluding carboxylic acids is 2. The molecule has 2 atom stereocenters. The van der Waals surface area contributed by atoms with Crippen LogP contribution in [0.25, 0.3) is 0 Å². The molecule has 0 aliphatic carbocycles. The molecule has 182 valence electrons. The van der Waals surface area contributed by atoms with E-state index in [0.717, 1.165) is 46.9 Å². The van der Waals surface area contributed by atoms with Crippen LogP contribution in [0.1, 0.15) is 25.0 Å². The second-order valence-electron chi connectivity index (χ2n) is 9.21. The van der Waals surface area contributed by atoms with E-state index in [9.17, 15) is 19.5 Å². The van der Waals surface area contributed by atoms with E-state index in [1.807, 2.05) is 0 Å². The largest absolute Gasteiger partial charge is 0.477 e. The molecule has 6 heterocycles. The molecular formula is C21H27N6O5S2+. The van der Waals surface area contributed by atoms with E-state index in [2.05, 4.69) is 15.5 Å². The van der Waals surface area contributed by atoms with Crippen LogP contribution in [0.5, 0.6) is 0 Å². The predicted molar refractivity (Wildman–Crippen MR) is 127 cm³/mol. The standard InChI is InChI=1S/C21H26N6O5S2/c1-32-25-14(13-10-34-21(22)23-13)17(28)24-15-18(29)26-16(20(30)31)12(9-33-19(15)26)8-27-5-2-11(3-6-27)4-7-27/h10-11,15,19H,2-9H2,1H3,(H3-,22,23,24,28,30,31)/p+1/b25-14-/t11?,15?,19-,27?/m1/s1. The Bertz CT molecular complexity index is 1080. The summed E-state index contributed by atoms with van der Waals surface area (Å²) in [4.78, 5) is 48.4. The minimum Gasteiger partial charge on any atom is -0.477 e. The molecule has 4 fully saturated rings. The number of nitrogens with two attached hydrogens (primary N) is 1. The summed E-state index contributed by atoms with van der Waals surface area (Å²) >= 11 is 2.64. The van der Waals surface area contributed by atoms with Crippen molar-refractivity contribution in [1.29, 1.82) is 0 Å². The van der Waals surface area contributed by atoms with Crippen LogP contribution in [-0.2, 0) is 19.2 Å². The molecule has 0 radical (unpaired) electrons. The Hall–Kier alpha value is -2.64. The van der Waals surface area contributed by atoms with E-state index in [4.69, 9.17) is 10.6 Å². The molecule has 4 saturated heterocycles. The maximum atomic E-state index is 13.1. The Morgan fingerprint density at radius 2 is 2.06 bits per heavy atom. The highest BCUT2D eigenvalue weighted by Gasteiger charge is 2.55. The fourth-order valence-electron chi connectivity index (χ4n) is 5.49. The molecule has 5 aliphatic rings. The number of carboxylic acids is 1. The van der Waals surface area contributed by atoms with E-state index < -0.39 is 29.2 Å². The summed E-state index contributed by atoms with van der Waals surface area (Å²) in [5.74, 6) is -0.831. The number of hydrogen-bond acceptors (Lipinski definition) is 9. The van der Waals surface area contributed by atoms with E-state index in [1.165, 1.54) is 43.0 Å². The lowest BCUT2D eigenvalue weighted by Crippen LogP contribution is -2.71. The average Bonchev–Trinajstić information content (AvgIpc) is 3.27. The zero-order valence-electron chi connectivity index (χ0n) is 18.7. The molecule has 1 unspecified atom stereocenters. The number of piperidine rings is 3. The van der Waals surface area contributed by atoms with Gasteiger partial charge < -0.3 is 25.5 Å². The monoisotopic (exact) mass is 507 g/mol. The van der Waals surface area contributed by atoms with Gasteiger partial charge in [-0.2, -0.15) is 0 Å². The van der Waals surface area contributed by atoms with E-state index in [0.29, 0.717) is 12.3 Å². The van der Waals surface area contributed by atoms with Crippen LogP contribution in [0.3, 0.4) is 0 Å².